The van der Waals surface area contributed by atoms with Crippen molar-refractivity contribution in [2.24, 2.45) is 5.92 Å². The van der Waals surface area contributed by atoms with E-state index in [0.29, 0.717) is 13.1 Å². The molecule has 1 N–H and O–H groups in total. The number of piperazine rings is 1. The van der Waals surface area contributed by atoms with Crippen LogP contribution in [-0.4, -0.2) is 83.8 Å². The monoisotopic (exact) mass is 315 g/mol. The molecule has 0 saturated carbocycles. The predicted octanol–water partition coefficient (Wildman–Crippen LogP) is 0.920. The van der Waals surface area contributed by atoms with Gasteiger partial charge in [-0.3, -0.25) is 0 Å². The minimum Gasteiger partial charge on any atom is -0.467 e. The van der Waals surface area contributed by atoms with E-state index in [9.17, 15) is 14.4 Å². The van der Waals surface area contributed by atoms with Gasteiger partial charge in [0.15, 0.2) is 0 Å². The van der Waals surface area contributed by atoms with E-state index in [0.717, 1.165) is 0 Å². The summed E-state index contributed by atoms with van der Waals surface area (Å²) in [5.74, 6) is -0.540. The van der Waals surface area contributed by atoms with Gasteiger partial charge in [0, 0.05) is 32.7 Å². The Morgan fingerprint density at radius 1 is 1.27 bits per heavy atom. The maximum atomic E-state index is 12.6. The van der Waals surface area contributed by atoms with Crippen LogP contribution in [0.3, 0.4) is 0 Å². The number of carbonyl (C=O) groups is 3. The highest BCUT2D eigenvalue weighted by Crippen LogP contribution is 2.16. The van der Waals surface area contributed by atoms with Gasteiger partial charge in [0.05, 0.1) is 7.11 Å². The van der Waals surface area contributed by atoms with Crippen molar-refractivity contribution < 1.29 is 24.2 Å². The second-order valence-electron chi connectivity index (χ2n) is 5.88. The lowest BCUT2D eigenvalue weighted by Crippen LogP contribution is -2.59. The summed E-state index contributed by atoms with van der Waals surface area (Å²) in [4.78, 5) is 39.7. The van der Waals surface area contributed by atoms with Crippen molar-refractivity contribution in [1.82, 2.24) is 14.7 Å². The molecule has 3 amide bonds. The number of hydrogen-bond donors (Lipinski definition) is 1. The summed E-state index contributed by atoms with van der Waals surface area (Å²) >= 11 is 0. The van der Waals surface area contributed by atoms with Gasteiger partial charge < -0.3 is 24.5 Å². The fourth-order valence-corrected chi connectivity index (χ4v) is 2.76. The first kappa shape index (κ1) is 18.1. The first-order chi connectivity index (χ1) is 10.2. The number of esters is 1. The lowest BCUT2D eigenvalue weighted by atomic mass is 10.0. The lowest BCUT2D eigenvalue weighted by molar-refractivity contribution is -0.147. The molecule has 0 aliphatic carbocycles. The normalized spacial score (nSPS) is 19.8. The zero-order valence-corrected chi connectivity index (χ0v) is 13.8. The van der Waals surface area contributed by atoms with Crippen molar-refractivity contribution in [2.75, 3.05) is 33.8 Å². The van der Waals surface area contributed by atoms with Gasteiger partial charge >= 0.3 is 18.1 Å². The number of nitrogens with zero attached hydrogens (tertiary/aromatic N) is 3. The summed E-state index contributed by atoms with van der Waals surface area (Å²) in [6, 6.07) is -1.23. The van der Waals surface area contributed by atoms with Crippen LogP contribution in [-0.2, 0) is 9.53 Å². The summed E-state index contributed by atoms with van der Waals surface area (Å²) in [6.45, 7) is 6.33. The number of hydrogen-bond acceptors (Lipinski definition) is 4. The molecular weight excluding hydrogens is 290 g/mol. The van der Waals surface area contributed by atoms with Crippen molar-refractivity contribution >= 4 is 18.1 Å². The Bertz CT molecular complexity index is 440. The second-order valence-corrected chi connectivity index (χ2v) is 5.88. The molecule has 0 aromatic heterocycles. The van der Waals surface area contributed by atoms with Gasteiger partial charge in [-0.05, 0) is 12.8 Å². The van der Waals surface area contributed by atoms with Crippen LogP contribution in [0.15, 0.2) is 0 Å². The Morgan fingerprint density at radius 2 is 1.86 bits per heavy atom. The van der Waals surface area contributed by atoms with Gasteiger partial charge in [-0.2, -0.15) is 0 Å². The van der Waals surface area contributed by atoms with E-state index in [1.165, 1.54) is 16.9 Å². The molecule has 1 aliphatic heterocycles. The van der Waals surface area contributed by atoms with E-state index in [4.69, 9.17) is 9.84 Å². The second kappa shape index (κ2) is 7.33. The van der Waals surface area contributed by atoms with Crippen molar-refractivity contribution in [1.29, 1.82) is 0 Å². The molecule has 2 atom stereocenters. The van der Waals surface area contributed by atoms with Crippen LogP contribution < -0.4 is 0 Å². The van der Waals surface area contributed by atoms with Gasteiger partial charge in [0.1, 0.15) is 6.04 Å². The van der Waals surface area contributed by atoms with Crippen molar-refractivity contribution in [3.63, 3.8) is 0 Å². The molecule has 0 aromatic rings. The highest BCUT2D eigenvalue weighted by atomic mass is 16.5. The third-order valence-electron chi connectivity index (χ3n) is 3.94. The molecular formula is C14H25N3O5. The maximum Gasteiger partial charge on any atom is 0.407 e. The van der Waals surface area contributed by atoms with Crippen molar-refractivity contribution in [2.45, 2.75) is 32.9 Å². The highest BCUT2D eigenvalue weighted by Gasteiger charge is 2.36. The quantitative estimate of drug-likeness (QED) is 0.782. The predicted molar refractivity (Wildman–Crippen MR) is 79.6 cm³/mol. The minimum absolute atomic E-state index is 0.0841. The molecule has 126 valence electrons. The van der Waals surface area contributed by atoms with E-state index in [2.05, 4.69) is 0 Å². The zero-order chi connectivity index (χ0) is 17.0. The number of urea groups is 1. The number of carbonyl (C=O) groups excluding carboxylic acids is 2. The Labute approximate surface area is 130 Å². The summed E-state index contributed by atoms with van der Waals surface area (Å²) in [5, 5.41) is 9.06. The number of rotatable bonds is 3. The third-order valence-corrected chi connectivity index (χ3v) is 3.94. The third kappa shape index (κ3) is 3.80. The SMILES string of the molecule is COC(=O)[C@H](C(C)C)N(C)C(=O)N1CCN(C(=O)O)C(C)C1. The van der Waals surface area contributed by atoms with Crippen LogP contribution in [0.5, 0.6) is 0 Å². The van der Waals surface area contributed by atoms with Crippen LogP contribution in [0.1, 0.15) is 20.8 Å². The summed E-state index contributed by atoms with van der Waals surface area (Å²) < 4.78 is 4.76. The van der Waals surface area contributed by atoms with Crippen LogP contribution in [0.4, 0.5) is 9.59 Å². The molecule has 0 radical (unpaired) electrons. The molecule has 8 nitrogen and oxygen atoms in total. The van der Waals surface area contributed by atoms with E-state index in [1.54, 1.807) is 18.9 Å². The van der Waals surface area contributed by atoms with Crippen molar-refractivity contribution in [3.8, 4) is 0 Å². The Morgan fingerprint density at radius 3 is 2.27 bits per heavy atom. The van der Waals surface area contributed by atoms with Crippen molar-refractivity contribution in [3.05, 3.63) is 0 Å². The molecule has 0 spiro atoms. The van der Waals surface area contributed by atoms with E-state index < -0.39 is 18.1 Å². The van der Waals surface area contributed by atoms with Gasteiger partial charge in [-0.25, -0.2) is 14.4 Å². The highest BCUT2D eigenvalue weighted by molar-refractivity contribution is 5.84. The average molecular weight is 315 g/mol. The van der Waals surface area contributed by atoms with Crippen LogP contribution in [0.2, 0.25) is 0 Å². The van der Waals surface area contributed by atoms with Crippen LogP contribution >= 0.6 is 0 Å². The summed E-state index contributed by atoms with van der Waals surface area (Å²) in [5.41, 5.74) is 0. The Kier molecular flexibility index (Phi) is 6.01. The molecule has 0 bridgehead atoms. The Balaban J connectivity index is 2.79. The molecule has 1 unspecified atom stereocenters. The summed E-state index contributed by atoms with van der Waals surface area (Å²) in [7, 11) is 2.86. The van der Waals surface area contributed by atoms with Gasteiger partial charge in [0.2, 0.25) is 0 Å². The first-order valence-electron chi connectivity index (χ1n) is 7.29. The van der Waals surface area contributed by atoms with Gasteiger partial charge in [0.25, 0.3) is 0 Å². The molecule has 1 aliphatic rings. The number of likely N-dealkylation sites (N-methyl/N-ethyl adjacent to an activating group) is 1. The minimum atomic E-state index is -0.984. The largest absolute Gasteiger partial charge is 0.467 e. The molecule has 1 heterocycles. The van der Waals surface area contributed by atoms with Crippen LogP contribution in [0, 0.1) is 5.92 Å². The first-order valence-corrected chi connectivity index (χ1v) is 7.29. The van der Waals surface area contributed by atoms with Gasteiger partial charge in [-0.1, -0.05) is 13.8 Å². The van der Waals surface area contributed by atoms with Gasteiger partial charge in [-0.15, -0.1) is 0 Å². The molecule has 1 rings (SSSR count). The average Bonchev–Trinajstić information content (AvgIpc) is 2.45. The molecule has 22 heavy (non-hydrogen) atoms. The van der Waals surface area contributed by atoms with Crippen LogP contribution in [0.25, 0.3) is 0 Å². The number of carboxylic acid groups (broad SMARTS) is 1. The molecule has 0 aromatic carbocycles. The number of amides is 3. The molecule has 1 saturated heterocycles. The lowest BCUT2D eigenvalue weighted by Gasteiger charge is -2.41. The van der Waals surface area contributed by atoms with E-state index in [1.807, 2.05) is 13.8 Å². The number of ether oxygens (including phenoxy) is 1. The number of methoxy groups -OCH3 is 1. The zero-order valence-electron chi connectivity index (χ0n) is 13.8. The van der Waals surface area contributed by atoms with E-state index in [-0.39, 0.29) is 24.5 Å². The summed E-state index contributed by atoms with van der Waals surface area (Å²) in [6.07, 6.45) is -0.984. The van der Waals surface area contributed by atoms with E-state index >= 15 is 0 Å². The smallest absolute Gasteiger partial charge is 0.407 e. The standard InChI is InChI=1S/C14H25N3O5/c1-9(2)11(12(18)22-5)15(4)13(19)16-6-7-17(14(20)21)10(3)8-16/h9-11H,6-8H2,1-5H3,(H,20,21)/t10?,11-/m0/s1. The Hall–Kier alpha value is -1.99. The fourth-order valence-electron chi connectivity index (χ4n) is 2.76. The fraction of sp³-hybridized carbons (Fsp3) is 0.786. The maximum absolute atomic E-state index is 12.6. The molecule has 1 fully saturated rings. The topological polar surface area (TPSA) is 90.4 Å². The molecule has 8 heteroatoms.